The zero-order valence-electron chi connectivity index (χ0n) is 11.0. The molecule has 17 heavy (non-hydrogen) atoms. The van der Waals surface area contributed by atoms with Crippen LogP contribution in [0.15, 0.2) is 18.2 Å². The van der Waals surface area contributed by atoms with Gasteiger partial charge in [0.15, 0.2) is 11.5 Å². The van der Waals surface area contributed by atoms with Gasteiger partial charge in [0, 0.05) is 18.3 Å². The molecule has 1 aromatic carbocycles. The van der Waals surface area contributed by atoms with Crippen molar-refractivity contribution in [2.45, 2.75) is 13.8 Å². The predicted molar refractivity (Wildman–Crippen MR) is 70.9 cm³/mol. The van der Waals surface area contributed by atoms with Crippen LogP contribution in [0, 0.1) is 5.41 Å². The van der Waals surface area contributed by atoms with Crippen LogP contribution in [-0.4, -0.2) is 27.3 Å². The van der Waals surface area contributed by atoms with E-state index in [9.17, 15) is 0 Å². The van der Waals surface area contributed by atoms with Crippen LogP contribution in [0.5, 0.6) is 11.5 Å². The number of nitrogens with one attached hydrogen (secondary N) is 1. The van der Waals surface area contributed by atoms with Gasteiger partial charge in [0.05, 0.1) is 14.2 Å². The lowest BCUT2D eigenvalue weighted by molar-refractivity contribution is 0.355. The second-order valence-electron chi connectivity index (χ2n) is 4.79. The minimum atomic E-state index is 0.0766. The lowest BCUT2D eigenvalue weighted by atomic mass is 9.94. The summed E-state index contributed by atoms with van der Waals surface area (Å²) in [6, 6.07) is 5.77. The summed E-state index contributed by atoms with van der Waals surface area (Å²) in [6.45, 7) is 5.72. The van der Waals surface area contributed by atoms with Gasteiger partial charge in [-0.05, 0) is 24.1 Å². The number of rotatable bonds is 6. The Bertz CT molecular complexity index is 364. The van der Waals surface area contributed by atoms with Gasteiger partial charge in [0.2, 0.25) is 0 Å². The first-order chi connectivity index (χ1) is 8.02. The third kappa shape index (κ3) is 3.82. The van der Waals surface area contributed by atoms with Crippen LogP contribution in [0.2, 0.25) is 0 Å². The van der Waals surface area contributed by atoms with E-state index in [1.807, 2.05) is 18.2 Å². The predicted octanol–water partition coefficient (Wildman–Crippen LogP) is 2.10. The highest BCUT2D eigenvalue weighted by Crippen LogP contribution is 2.30. The highest BCUT2D eigenvalue weighted by Gasteiger charge is 2.15. The van der Waals surface area contributed by atoms with Gasteiger partial charge in [-0.15, -0.1) is 0 Å². The van der Waals surface area contributed by atoms with E-state index in [1.54, 1.807) is 14.2 Å². The molecule has 0 aliphatic rings. The largest absolute Gasteiger partial charge is 0.493 e. The van der Waals surface area contributed by atoms with Crippen molar-refractivity contribution in [3.8, 4) is 11.5 Å². The third-order valence-electron chi connectivity index (χ3n) is 2.71. The Kier molecular flexibility index (Phi) is 4.63. The van der Waals surface area contributed by atoms with Crippen molar-refractivity contribution in [3.05, 3.63) is 18.2 Å². The Hall–Kier alpha value is -1.42. The van der Waals surface area contributed by atoms with Crippen LogP contribution in [0.4, 0.5) is 5.69 Å². The maximum atomic E-state index is 5.69. The summed E-state index contributed by atoms with van der Waals surface area (Å²) < 4.78 is 10.4. The molecule has 0 aromatic heterocycles. The van der Waals surface area contributed by atoms with E-state index < -0.39 is 0 Å². The molecule has 1 rings (SSSR count). The van der Waals surface area contributed by atoms with Crippen molar-refractivity contribution in [1.82, 2.24) is 0 Å². The average molecular weight is 238 g/mol. The lowest BCUT2D eigenvalue weighted by Gasteiger charge is -2.23. The summed E-state index contributed by atoms with van der Waals surface area (Å²) in [4.78, 5) is 0. The quantitative estimate of drug-likeness (QED) is 0.797. The number of methoxy groups -OCH3 is 2. The molecule has 4 nitrogen and oxygen atoms in total. The fourth-order valence-electron chi connectivity index (χ4n) is 1.36. The van der Waals surface area contributed by atoms with Gasteiger partial charge in [0.1, 0.15) is 0 Å². The monoisotopic (exact) mass is 238 g/mol. The Morgan fingerprint density at radius 2 is 1.82 bits per heavy atom. The molecule has 96 valence electrons. The maximum Gasteiger partial charge on any atom is 0.162 e. The van der Waals surface area contributed by atoms with Crippen molar-refractivity contribution in [2.75, 3.05) is 32.6 Å². The molecule has 0 heterocycles. The lowest BCUT2D eigenvalue weighted by Crippen LogP contribution is -2.31. The number of ether oxygens (including phenoxy) is 2. The third-order valence-corrected chi connectivity index (χ3v) is 2.71. The first-order valence-electron chi connectivity index (χ1n) is 5.68. The van der Waals surface area contributed by atoms with Gasteiger partial charge in [0.25, 0.3) is 0 Å². The highest BCUT2D eigenvalue weighted by atomic mass is 16.5. The summed E-state index contributed by atoms with van der Waals surface area (Å²) in [5.41, 5.74) is 6.77. The molecule has 0 saturated heterocycles. The molecule has 0 fully saturated rings. The molecular formula is C13H22N2O2. The first kappa shape index (κ1) is 13.6. The van der Waals surface area contributed by atoms with Crippen LogP contribution >= 0.6 is 0 Å². The summed E-state index contributed by atoms with van der Waals surface area (Å²) in [5, 5.41) is 3.35. The Morgan fingerprint density at radius 1 is 1.18 bits per heavy atom. The Morgan fingerprint density at radius 3 is 2.35 bits per heavy atom. The van der Waals surface area contributed by atoms with E-state index in [4.69, 9.17) is 15.2 Å². The second-order valence-corrected chi connectivity index (χ2v) is 4.79. The van der Waals surface area contributed by atoms with E-state index in [2.05, 4.69) is 19.2 Å². The number of nitrogens with two attached hydrogens (primary N) is 1. The molecule has 0 spiro atoms. The molecule has 0 unspecified atom stereocenters. The van der Waals surface area contributed by atoms with Crippen LogP contribution in [0.25, 0.3) is 0 Å². The van der Waals surface area contributed by atoms with Gasteiger partial charge in [-0.2, -0.15) is 0 Å². The number of benzene rings is 1. The number of anilines is 1. The molecule has 0 amide bonds. The molecular weight excluding hydrogens is 216 g/mol. The van der Waals surface area contributed by atoms with Gasteiger partial charge in [-0.3, -0.25) is 0 Å². The topological polar surface area (TPSA) is 56.5 Å². The van der Waals surface area contributed by atoms with Crippen LogP contribution in [0.1, 0.15) is 13.8 Å². The molecule has 0 aliphatic heterocycles. The van der Waals surface area contributed by atoms with Gasteiger partial charge >= 0.3 is 0 Å². The van der Waals surface area contributed by atoms with E-state index >= 15 is 0 Å². The Labute approximate surface area is 103 Å². The minimum absolute atomic E-state index is 0.0766. The van der Waals surface area contributed by atoms with E-state index in [-0.39, 0.29) is 5.41 Å². The summed E-state index contributed by atoms with van der Waals surface area (Å²) >= 11 is 0. The molecule has 0 radical (unpaired) electrons. The zero-order chi connectivity index (χ0) is 12.9. The Balaban J connectivity index is 2.73. The highest BCUT2D eigenvalue weighted by molar-refractivity contribution is 5.54. The normalized spacial score (nSPS) is 11.1. The summed E-state index contributed by atoms with van der Waals surface area (Å²) in [6.07, 6.45) is 0. The standard InChI is InChI=1S/C13H22N2O2/c1-13(2,8-14)9-15-10-5-6-11(16-3)12(7-10)17-4/h5-7,15H,8-9,14H2,1-4H3. The molecule has 4 heteroatoms. The van der Waals surface area contributed by atoms with Crippen molar-refractivity contribution in [1.29, 1.82) is 0 Å². The van der Waals surface area contributed by atoms with Crippen molar-refractivity contribution in [3.63, 3.8) is 0 Å². The molecule has 0 saturated carbocycles. The smallest absolute Gasteiger partial charge is 0.162 e. The van der Waals surface area contributed by atoms with Crippen molar-refractivity contribution in [2.24, 2.45) is 11.1 Å². The van der Waals surface area contributed by atoms with Crippen LogP contribution < -0.4 is 20.5 Å². The fraction of sp³-hybridized carbons (Fsp3) is 0.538. The van der Waals surface area contributed by atoms with Crippen LogP contribution in [-0.2, 0) is 0 Å². The minimum Gasteiger partial charge on any atom is -0.493 e. The number of hydrogen-bond acceptors (Lipinski definition) is 4. The maximum absolute atomic E-state index is 5.69. The molecule has 3 N–H and O–H groups in total. The number of hydrogen-bond donors (Lipinski definition) is 2. The fourth-order valence-corrected chi connectivity index (χ4v) is 1.36. The molecule has 0 atom stereocenters. The van der Waals surface area contributed by atoms with E-state index in [0.29, 0.717) is 6.54 Å². The van der Waals surface area contributed by atoms with Crippen LogP contribution in [0.3, 0.4) is 0 Å². The molecule has 0 bridgehead atoms. The van der Waals surface area contributed by atoms with Gasteiger partial charge < -0.3 is 20.5 Å². The van der Waals surface area contributed by atoms with Crippen molar-refractivity contribution >= 4 is 5.69 Å². The summed E-state index contributed by atoms with van der Waals surface area (Å²) in [5.74, 6) is 1.46. The van der Waals surface area contributed by atoms with E-state index in [0.717, 1.165) is 23.7 Å². The van der Waals surface area contributed by atoms with Gasteiger partial charge in [-0.25, -0.2) is 0 Å². The van der Waals surface area contributed by atoms with Gasteiger partial charge in [-0.1, -0.05) is 13.8 Å². The van der Waals surface area contributed by atoms with Crippen molar-refractivity contribution < 1.29 is 9.47 Å². The molecule has 1 aromatic rings. The average Bonchev–Trinajstić information content (AvgIpc) is 2.36. The zero-order valence-corrected chi connectivity index (χ0v) is 11.0. The second kappa shape index (κ2) is 5.77. The first-order valence-corrected chi connectivity index (χ1v) is 5.68. The SMILES string of the molecule is COc1ccc(NCC(C)(C)CN)cc1OC. The van der Waals surface area contributed by atoms with E-state index in [1.165, 1.54) is 0 Å². The molecule has 0 aliphatic carbocycles. The summed E-state index contributed by atoms with van der Waals surface area (Å²) in [7, 11) is 3.26.